The molecule has 0 saturated carbocycles. The maximum absolute atomic E-state index is 12.1. The first-order valence-electron chi connectivity index (χ1n) is 6.27. The summed E-state index contributed by atoms with van der Waals surface area (Å²) in [6.07, 6.45) is 1.26. The molecule has 106 valence electrons. The number of benzene rings is 1. The molecule has 1 aliphatic heterocycles. The first-order valence-corrected chi connectivity index (χ1v) is 6.27. The number of carbonyl (C=O) groups is 3. The summed E-state index contributed by atoms with van der Waals surface area (Å²) in [5, 5.41) is 8.56. The number of rotatable bonds is 4. The van der Waals surface area contributed by atoms with Crippen LogP contribution in [0.2, 0.25) is 0 Å². The SMILES string of the molecule is O=C(CCN1C(=O)c2ccccc2C1=O)Nc1ncn[nH]1. The van der Waals surface area contributed by atoms with E-state index >= 15 is 0 Å². The van der Waals surface area contributed by atoms with E-state index in [-0.39, 0.29) is 36.6 Å². The number of H-pyrrole nitrogens is 1. The quantitative estimate of drug-likeness (QED) is 0.792. The number of aromatic amines is 1. The van der Waals surface area contributed by atoms with Crippen molar-refractivity contribution in [1.29, 1.82) is 0 Å². The fraction of sp³-hybridized carbons (Fsp3) is 0.154. The molecule has 0 aliphatic carbocycles. The van der Waals surface area contributed by atoms with Gasteiger partial charge >= 0.3 is 0 Å². The van der Waals surface area contributed by atoms with E-state index in [1.807, 2.05) is 0 Å². The predicted octanol–water partition coefficient (Wildman–Crippen LogP) is 0.430. The van der Waals surface area contributed by atoms with Crippen LogP contribution in [0.4, 0.5) is 5.95 Å². The summed E-state index contributed by atoms with van der Waals surface area (Å²) >= 11 is 0. The monoisotopic (exact) mass is 285 g/mol. The topological polar surface area (TPSA) is 108 Å². The third-order valence-electron chi connectivity index (χ3n) is 3.11. The number of hydrogen-bond acceptors (Lipinski definition) is 5. The van der Waals surface area contributed by atoms with Gasteiger partial charge in [0.2, 0.25) is 11.9 Å². The Labute approximate surface area is 119 Å². The molecule has 0 atom stereocenters. The number of fused-ring (bicyclic) bond motifs is 1. The second-order valence-corrected chi connectivity index (χ2v) is 4.44. The average Bonchev–Trinajstić information content (AvgIpc) is 3.07. The van der Waals surface area contributed by atoms with Crippen LogP contribution >= 0.6 is 0 Å². The minimum atomic E-state index is -0.372. The van der Waals surface area contributed by atoms with Gasteiger partial charge in [0.05, 0.1) is 11.1 Å². The average molecular weight is 285 g/mol. The van der Waals surface area contributed by atoms with Crippen LogP contribution in [0.15, 0.2) is 30.6 Å². The van der Waals surface area contributed by atoms with E-state index in [0.717, 1.165) is 4.90 Å². The van der Waals surface area contributed by atoms with Gasteiger partial charge in [-0.3, -0.25) is 24.6 Å². The highest BCUT2D eigenvalue weighted by Crippen LogP contribution is 2.22. The Morgan fingerprint density at radius 1 is 1.19 bits per heavy atom. The molecule has 1 aromatic heterocycles. The summed E-state index contributed by atoms with van der Waals surface area (Å²) in [6.45, 7) is 0.0202. The Bertz CT molecular complexity index is 675. The Hall–Kier alpha value is -3.03. The van der Waals surface area contributed by atoms with Crippen LogP contribution in [0.25, 0.3) is 0 Å². The Morgan fingerprint density at radius 3 is 2.43 bits per heavy atom. The number of carbonyl (C=O) groups excluding carboxylic acids is 3. The zero-order chi connectivity index (χ0) is 14.8. The van der Waals surface area contributed by atoms with E-state index in [9.17, 15) is 14.4 Å². The molecule has 3 amide bonds. The first-order chi connectivity index (χ1) is 10.2. The van der Waals surface area contributed by atoms with Gasteiger partial charge in [-0.05, 0) is 12.1 Å². The van der Waals surface area contributed by atoms with Crippen LogP contribution < -0.4 is 5.32 Å². The van der Waals surface area contributed by atoms with Gasteiger partial charge in [0, 0.05) is 13.0 Å². The van der Waals surface area contributed by atoms with Crippen LogP contribution in [0, 0.1) is 0 Å². The molecule has 21 heavy (non-hydrogen) atoms. The number of aromatic nitrogens is 3. The maximum Gasteiger partial charge on any atom is 0.261 e. The second-order valence-electron chi connectivity index (χ2n) is 4.44. The van der Waals surface area contributed by atoms with Crippen LogP contribution in [0.1, 0.15) is 27.1 Å². The Balaban J connectivity index is 1.63. The number of hydrogen-bond donors (Lipinski definition) is 2. The van der Waals surface area contributed by atoms with Crippen molar-refractivity contribution in [1.82, 2.24) is 20.1 Å². The highest BCUT2D eigenvalue weighted by Gasteiger charge is 2.34. The van der Waals surface area contributed by atoms with Gasteiger partial charge < -0.3 is 0 Å². The van der Waals surface area contributed by atoms with Gasteiger partial charge in [-0.15, -0.1) is 0 Å². The van der Waals surface area contributed by atoms with E-state index in [4.69, 9.17) is 0 Å². The molecule has 0 spiro atoms. The van der Waals surface area contributed by atoms with E-state index < -0.39 is 0 Å². The lowest BCUT2D eigenvalue weighted by atomic mass is 10.1. The normalized spacial score (nSPS) is 13.4. The predicted molar refractivity (Wildman–Crippen MR) is 71.4 cm³/mol. The van der Waals surface area contributed by atoms with Crippen molar-refractivity contribution in [2.75, 3.05) is 11.9 Å². The Morgan fingerprint density at radius 2 is 1.86 bits per heavy atom. The van der Waals surface area contributed by atoms with E-state index in [1.165, 1.54) is 6.33 Å². The van der Waals surface area contributed by atoms with Gasteiger partial charge in [-0.25, -0.2) is 5.10 Å². The van der Waals surface area contributed by atoms with Crippen LogP contribution in [-0.2, 0) is 4.79 Å². The van der Waals surface area contributed by atoms with Crippen molar-refractivity contribution >= 4 is 23.7 Å². The van der Waals surface area contributed by atoms with Crippen molar-refractivity contribution in [3.8, 4) is 0 Å². The molecule has 0 unspecified atom stereocenters. The summed E-state index contributed by atoms with van der Waals surface area (Å²) in [6, 6.07) is 6.60. The summed E-state index contributed by atoms with van der Waals surface area (Å²) in [5.74, 6) is -0.878. The van der Waals surface area contributed by atoms with Crippen molar-refractivity contribution < 1.29 is 14.4 Å². The van der Waals surface area contributed by atoms with Gasteiger partial charge in [-0.2, -0.15) is 10.1 Å². The first kappa shape index (κ1) is 13.0. The van der Waals surface area contributed by atoms with Gasteiger partial charge in [-0.1, -0.05) is 12.1 Å². The van der Waals surface area contributed by atoms with Gasteiger partial charge in [0.1, 0.15) is 6.33 Å². The van der Waals surface area contributed by atoms with E-state index in [0.29, 0.717) is 11.1 Å². The number of nitrogens with zero attached hydrogens (tertiary/aromatic N) is 3. The lowest BCUT2D eigenvalue weighted by Gasteiger charge is -2.12. The molecule has 8 nitrogen and oxygen atoms in total. The molecule has 0 saturated heterocycles. The largest absolute Gasteiger partial charge is 0.295 e. The molecule has 0 bridgehead atoms. The fourth-order valence-electron chi connectivity index (χ4n) is 2.12. The zero-order valence-corrected chi connectivity index (χ0v) is 10.9. The van der Waals surface area contributed by atoms with Crippen LogP contribution in [0.3, 0.4) is 0 Å². The standard InChI is InChI=1S/C13H11N5O3/c19-10(16-13-14-7-15-17-13)5-6-18-11(20)8-3-1-2-4-9(8)12(18)21/h1-4,7H,5-6H2,(H2,14,15,16,17,19). The molecule has 2 aromatic rings. The van der Waals surface area contributed by atoms with Crippen molar-refractivity contribution in [2.45, 2.75) is 6.42 Å². The lowest BCUT2D eigenvalue weighted by molar-refractivity contribution is -0.116. The van der Waals surface area contributed by atoms with Gasteiger partial charge in [0.15, 0.2) is 0 Å². The summed E-state index contributed by atoms with van der Waals surface area (Å²) in [5.41, 5.74) is 0.747. The molecule has 0 radical (unpaired) electrons. The molecular formula is C13H11N5O3. The summed E-state index contributed by atoms with van der Waals surface area (Å²) < 4.78 is 0. The van der Waals surface area contributed by atoms with Crippen LogP contribution in [0.5, 0.6) is 0 Å². The van der Waals surface area contributed by atoms with Crippen molar-refractivity contribution in [3.63, 3.8) is 0 Å². The fourth-order valence-corrected chi connectivity index (χ4v) is 2.12. The van der Waals surface area contributed by atoms with Crippen molar-refractivity contribution in [2.24, 2.45) is 0 Å². The molecule has 8 heteroatoms. The number of anilines is 1. The zero-order valence-electron chi connectivity index (χ0n) is 10.9. The van der Waals surface area contributed by atoms with E-state index in [2.05, 4.69) is 20.5 Å². The van der Waals surface area contributed by atoms with Crippen LogP contribution in [-0.4, -0.2) is 44.3 Å². The smallest absolute Gasteiger partial charge is 0.261 e. The highest BCUT2D eigenvalue weighted by atomic mass is 16.2. The highest BCUT2D eigenvalue weighted by molar-refractivity contribution is 6.21. The number of amides is 3. The van der Waals surface area contributed by atoms with E-state index in [1.54, 1.807) is 24.3 Å². The summed E-state index contributed by atoms with van der Waals surface area (Å²) in [7, 11) is 0. The Kier molecular flexibility index (Phi) is 3.19. The molecule has 1 aliphatic rings. The minimum absolute atomic E-state index is 0.00777. The molecule has 2 heterocycles. The second kappa shape index (κ2) is 5.16. The molecular weight excluding hydrogens is 274 g/mol. The number of imide groups is 1. The third kappa shape index (κ3) is 2.38. The maximum atomic E-state index is 12.1. The molecule has 3 rings (SSSR count). The summed E-state index contributed by atoms with van der Waals surface area (Å²) in [4.78, 5) is 40.7. The lowest BCUT2D eigenvalue weighted by Crippen LogP contribution is -2.33. The van der Waals surface area contributed by atoms with Gasteiger partial charge in [0.25, 0.3) is 11.8 Å². The van der Waals surface area contributed by atoms with Crippen molar-refractivity contribution in [3.05, 3.63) is 41.7 Å². The molecule has 2 N–H and O–H groups in total. The molecule has 0 fully saturated rings. The third-order valence-corrected chi connectivity index (χ3v) is 3.11. The minimum Gasteiger partial charge on any atom is -0.295 e. The molecule has 1 aromatic carbocycles. The number of nitrogens with one attached hydrogen (secondary N) is 2.